The average Bonchev–Trinajstić information content (AvgIpc) is 3.02. The van der Waals surface area contributed by atoms with Crippen LogP contribution >= 0.6 is 0 Å². The van der Waals surface area contributed by atoms with E-state index in [0.29, 0.717) is 44.6 Å². The predicted molar refractivity (Wildman–Crippen MR) is 115 cm³/mol. The SMILES string of the molecule is COc1ccc(OC)c(-c2c(F)ccc3c(N)c4c(O)n(C5CCC5)cc4nc23)c1. The summed E-state index contributed by atoms with van der Waals surface area (Å²) in [7, 11) is 3.09. The number of nitrogens with zero attached hydrogens (tertiary/aromatic N) is 2. The van der Waals surface area contributed by atoms with Crippen LogP contribution in [0.5, 0.6) is 17.4 Å². The molecule has 2 heterocycles. The number of hydrogen-bond acceptors (Lipinski definition) is 5. The summed E-state index contributed by atoms with van der Waals surface area (Å²) >= 11 is 0. The first kappa shape index (κ1) is 18.5. The number of halogens is 1. The highest BCUT2D eigenvalue weighted by Crippen LogP contribution is 2.45. The van der Waals surface area contributed by atoms with Gasteiger partial charge in [0.05, 0.1) is 36.3 Å². The Morgan fingerprint density at radius 3 is 2.63 bits per heavy atom. The van der Waals surface area contributed by atoms with Crippen molar-refractivity contribution in [1.29, 1.82) is 0 Å². The van der Waals surface area contributed by atoms with E-state index in [1.165, 1.54) is 13.2 Å². The Labute approximate surface area is 172 Å². The molecule has 1 saturated carbocycles. The van der Waals surface area contributed by atoms with Crippen LogP contribution in [0.2, 0.25) is 0 Å². The van der Waals surface area contributed by atoms with E-state index >= 15 is 4.39 Å². The minimum Gasteiger partial charge on any atom is -0.497 e. The van der Waals surface area contributed by atoms with Gasteiger partial charge < -0.3 is 24.9 Å². The van der Waals surface area contributed by atoms with Crippen LogP contribution in [-0.2, 0) is 0 Å². The van der Waals surface area contributed by atoms with Gasteiger partial charge in [0, 0.05) is 28.8 Å². The van der Waals surface area contributed by atoms with E-state index in [2.05, 4.69) is 0 Å². The number of ether oxygens (including phenoxy) is 2. The van der Waals surface area contributed by atoms with Crippen LogP contribution in [0.1, 0.15) is 25.3 Å². The third kappa shape index (κ3) is 2.58. The molecular formula is C23H22FN3O3. The van der Waals surface area contributed by atoms with Crippen LogP contribution in [0.3, 0.4) is 0 Å². The number of methoxy groups -OCH3 is 2. The highest BCUT2D eigenvalue weighted by molar-refractivity contribution is 6.12. The van der Waals surface area contributed by atoms with Gasteiger partial charge in [0.1, 0.15) is 17.3 Å². The molecule has 0 atom stereocenters. The lowest BCUT2D eigenvalue weighted by atomic mass is 9.93. The van der Waals surface area contributed by atoms with Crippen molar-refractivity contribution in [3.63, 3.8) is 0 Å². The highest BCUT2D eigenvalue weighted by Gasteiger charge is 2.26. The number of hydrogen-bond donors (Lipinski definition) is 2. The van der Waals surface area contributed by atoms with Gasteiger partial charge >= 0.3 is 0 Å². The van der Waals surface area contributed by atoms with Gasteiger partial charge in [-0.25, -0.2) is 9.37 Å². The summed E-state index contributed by atoms with van der Waals surface area (Å²) in [5.41, 5.74) is 8.60. The molecule has 0 saturated heterocycles. The summed E-state index contributed by atoms with van der Waals surface area (Å²) < 4.78 is 27.8. The van der Waals surface area contributed by atoms with Gasteiger partial charge in [0.2, 0.25) is 5.88 Å². The maximum atomic E-state index is 15.1. The first-order chi connectivity index (χ1) is 14.5. The number of rotatable bonds is 4. The van der Waals surface area contributed by atoms with Crippen molar-refractivity contribution in [3.05, 3.63) is 42.3 Å². The molecule has 2 aromatic heterocycles. The predicted octanol–water partition coefficient (Wildman–Crippen LogP) is 5.03. The lowest BCUT2D eigenvalue weighted by Crippen LogP contribution is -2.15. The summed E-state index contributed by atoms with van der Waals surface area (Å²) in [6, 6.07) is 8.41. The van der Waals surface area contributed by atoms with Gasteiger partial charge in [-0.05, 0) is 49.6 Å². The molecule has 7 heteroatoms. The molecule has 0 amide bonds. The van der Waals surface area contributed by atoms with E-state index in [4.69, 9.17) is 20.2 Å². The van der Waals surface area contributed by atoms with Crippen LogP contribution in [-0.4, -0.2) is 28.9 Å². The summed E-state index contributed by atoms with van der Waals surface area (Å²) in [6.45, 7) is 0. The fraction of sp³-hybridized carbons (Fsp3) is 0.261. The Bertz CT molecular complexity index is 1290. The number of aromatic hydroxyl groups is 1. The molecule has 154 valence electrons. The van der Waals surface area contributed by atoms with Crippen molar-refractivity contribution in [2.75, 3.05) is 20.0 Å². The highest BCUT2D eigenvalue weighted by atomic mass is 19.1. The smallest absolute Gasteiger partial charge is 0.203 e. The first-order valence-electron chi connectivity index (χ1n) is 9.87. The molecule has 0 bridgehead atoms. The van der Waals surface area contributed by atoms with Crippen LogP contribution in [0, 0.1) is 5.82 Å². The standard InChI is InChI=1S/C23H22FN3O3/c1-29-13-6-9-18(30-2)15(10-13)19-16(24)8-7-14-21(25)20-17(26-22(14)19)11-27(23(20)28)12-4-3-5-12/h6-12,28H,3-5,25H2,1-2H3. The summed E-state index contributed by atoms with van der Waals surface area (Å²) in [4.78, 5) is 4.73. The third-order valence-corrected chi connectivity index (χ3v) is 6.05. The molecular weight excluding hydrogens is 385 g/mol. The zero-order valence-corrected chi connectivity index (χ0v) is 16.8. The summed E-state index contributed by atoms with van der Waals surface area (Å²) in [6.07, 6.45) is 4.96. The molecule has 0 unspecified atom stereocenters. The number of benzene rings is 2. The van der Waals surface area contributed by atoms with Crippen LogP contribution in [0.4, 0.5) is 10.1 Å². The maximum absolute atomic E-state index is 15.1. The second kappa shape index (κ2) is 6.79. The number of aromatic nitrogens is 2. The van der Waals surface area contributed by atoms with E-state index in [1.807, 2.05) is 10.8 Å². The fourth-order valence-corrected chi connectivity index (χ4v) is 4.21. The largest absolute Gasteiger partial charge is 0.497 e. The minimum atomic E-state index is -0.442. The molecule has 5 rings (SSSR count). The minimum absolute atomic E-state index is 0.117. The maximum Gasteiger partial charge on any atom is 0.203 e. The van der Waals surface area contributed by atoms with Gasteiger partial charge in [-0.2, -0.15) is 0 Å². The van der Waals surface area contributed by atoms with E-state index in [1.54, 1.807) is 31.4 Å². The molecule has 1 fully saturated rings. The number of fused-ring (bicyclic) bond motifs is 2. The Hall–Kier alpha value is -3.48. The summed E-state index contributed by atoms with van der Waals surface area (Å²) in [5.74, 6) is 0.747. The van der Waals surface area contributed by atoms with Crippen LogP contribution in [0.25, 0.3) is 32.9 Å². The number of anilines is 1. The van der Waals surface area contributed by atoms with Gasteiger partial charge in [0.15, 0.2) is 0 Å². The Morgan fingerprint density at radius 2 is 1.97 bits per heavy atom. The van der Waals surface area contributed by atoms with Gasteiger partial charge in [-0.3, -0.25) is 0 Å². The van der Waals surface area contributed by atoms with E-state index < -0.39 is 5.82 Å². The van der Waals surface area contributed by atoms with Crippen molar-refractivity contribution < 1.29 is 19.0 Å². The molecule has 4 aromatic rings. The monoisotopic (exact) mass is 407 g/mol. The summed E-state index contributed by atoms with van der Waals surface area (Å²) in [5, 5.41) is 11.9. The lowest BCUT2D eigenvalue weighted by molar-refractivity contribution is 0.283. The molecule has 30 heavy (non-hydrogen) atoms. The van der Waals surface area contributed by atoms with E-state index in [-0.39, 0.29) is 17.5 Å². The Balaban J connectivity index is 1.85. The van der Waals surface area contributed by atoms with Gasteiger partial charge in [-0.1, -0.05) is 0 Å². The molecule has 6 nitrogen and oxygen atoms in total. The second-order valence-electron chi connectivity index (χ2n) is 7.62. The quantitative estimate of drug-likeness (QED) is 0.496. The van der Waals surface area contributed by atoms with Crippen molar-refractivity contribution >= 4 is 27.5 Å². The number of pyridine rings is 1. The van der Waals surface area contributed by atoms with Gasteiger partial charge in [-0.15, -0.1) is 0 Å². The molecule has 0 aliphatic heterocycles. The number of nitrogens with two attached hydrogens (primary N) is 1. The Morgan fingerprint density at radius 1 is 1.17 bits per heavy atom. The van der Waals surface area contributed by atoms with Crippen molar-refractivity contribution in [2.24, 2.45) is 0 Å². The van der Waals surface area contributed by atoms with E-state index in [9.17, 15) is 5.11 Å². The van der Waals surface area contributed by atoms with Crippen molar-refractivity contribution in [2.45, 2.75) is 25.3 Å². The van der Waals surface area contributed by atoms with E-state index in [0.717, 1.165) is 19.3 Å². The van der Waals surface area contributed by atoms with Crippen LogP contribution < -0.4 is 15.2 Å². The topological polar surface area (TPSA) is 82.5 Å². The first-order valence-corrected chi connectivity index (χ1v) is 9.87. The van der Waals surface area contributed by atoms with Gasteiger partial charge in [0.25, 0.3) is 0 Å². The molecule has 3 N–H and O–H groups in total. The van der Waals surface area contributed by atoms with Crippen molar-refractivity contribution in [1.82, 2.24) is 9.55 Å². The lowest BCUT2D eigenvalue weighted by Gasteiger charge is -2.27. The average molecular weight is 407 g/mol. The van der Waals surface area contributed by atoms with Crippen LogP contribution in [0.15, 0.2) is 36.5 Å². The molecule has 1 aliphatic carbocycles. The zero-order valence-electron chi connectivity index (χ0n) is 16.8. The zero-order chi connectivity index (χ0) is 21.0. The fourth-order valence-electron chi connectivity index (χ4n) is 4.21. The normalized spacial score (nSPS) is 14.2. The molecule has 2 aromatic carbocycles. The number of nitrogen functional groups attached to an aromatic ring is 1. The molecule has 1 aliphatic rings. The molecule has 0 spiro atoms. The molecule has 0 radical (unpaired) electrons. The second-order valence-corrected chi connectivity index (χ2v) is 7.62. The Kier molecular flexibility index (Phi) is 4.20. The van der Waals surface area contributed by atoms with Crippen molar-refractivity contribution in [3.8, 4) is 28.5 Å². The third-order valence-electron chi connectivity index (χ3n) is 6.05.